The van der Waals surface area contributed by atoms with Crippen LogP contribution < -0.4 is 14.8 Å². The van der Waals surface area contributed by atoms with Crippen molar-refractivity contribution in [1.29, 1.82) is 0 Å². The molecule has 0 radical (unpaired) electrons. The first-order valence-electron chi connectivity index (χ1n) is 8.85. The lowest BCUT2D eigenvalue weighted by molar-refractivity contribution is -0.123. The van der Waals surface area contributed by atoms with Gasteiger partial charge in [-0.15, -0.1) is 0 Å². The summed E-state index contributed by atoms with van der Waals surface area (Å²) in [6, 6.07) is 6.54. The molecule has 1 rings (SSSR count). The third-order valence-corrected chi connectivity index (χ3v) is 3.92. The number of hydrogen-bond donors (Lipinski definition) is 1. The van der Waals surface area contributed by atoms with Crippen molar-refractivity contribution < 1.29 is 14.3 Å². The molecule has 0 aliphatic heterocycles. The highest BCUT2D eigenvalue weighted by atomic mass is 16.5. The van der Waals surface area contributed by atoms with Gasteiger partial charge in [0, 0.05) is 25.2 Å². The molecule has 0 saturated carbocycles. The number of carbonyl (C=O) groups excluding carboxylic acids is 1. The standard InChI is InChI=1S/C20H32N2O3/c1-7-8-17-9-10-18(19(13-17)24-6)25-14-20(23)21-11-12-22(15(2)3)16(4)5/h7-10,13,15-16H,11-12,14H2,1-6H3,(H,21,23)/b8-7+. The molecule has 5 nitrogen and oxygen atoms in total. The Morgan fingerprint density at radius 2 is 1.88 bits per heavy atom. The van der Waals surface area contributed by atoms with Gasteiger partial charge in [0.05, 0.1) is 7.11 Å². The molecule has 140 valence electrons. The van der Waals surface area contributed by atoms with Gasteiger partial charge in [-0.05, 0) is 52.3 Å². The summed E-state index contributed by atoms with van der Waals surface area (Å²) in [5.41, 5.74) is 1.03. The van der Waals surface area contributed by atoms with Crippen LogP contribution in [0.4, 0.5) is 0 Å². The predicted molar refractivity (Wildman–Crippen MR) is 103 cm³/mol. The van der Waals surface area contributed by atoms with E-state index in [-0.39, 0.29) is 12.5 Å². The average Bonchev–Trinajstić information content (AvgIpc) is 2.56. The van der Waals surface area contributed by atoms with Crippen LogP contribution in [-0.4, -0.2) is 49.7 Å². The van der Waals surface area contributed by atoms with E-state index in [0.29, 0.717) is 30.1 Å². The van der Waals surface area contributed by atoms with Crippen molar-refractivity contribution in [1.82, 2.24) is 10.2 Å². The highest BCUT2D eigenvalue weighted by Gasteiger charge is 2.13. The van der Waals surface area contributed by atoms with E-state index >= 15 is 0 Å². The first-order chi connectivity index (χ1) is 11.9. The van der Waals surface area contributed by atoms with Crippen LogP contribution in [0.3, 0.4) is 0 Å². The average molecular weight is 348 g/mol. The molecule has 1 N–H and O–H groups in total. The number of nitrogens with zero attached hydrogens (tertiary/aromatic N) is 1. The van der Waals surface area contributed by atoms with E-state index in [1.165, 1.54) is 0 Å². The maximum absolute atomic E-state index is 12.0. The molecule has 0 heterocycles. The summed E-state index contributed by atoms with van der Waals surface area (Å²) in [7, 11) is 1.59. The van der Waals surface area contributed by atoms with Gasteiger partial charge in [0.15, 0.2) is 18.1 Å². The van der Waals surface area contributed by atoms with E-state index in [4.69, 9.17) is 9.47 Å². The SMILES string of the molecule is C/C=C/c1ccc(OCC(=O)NCCN(C(C)C)C(C)C)c(OC)c1. The lowest BCUT2D eigenvalue weighted by Gasteiger charge is -2.30. The summed E-state index contributed by atoms with van der Waals surface area (Å²) in [4.78, 5) is 14.3. The Bertz CT molecular complexity index is 560. The lowest BCUT2D eigenvalue weighted by Crippen LogP contribution is -2.43. The molecule has 0 fully saturated rings. The Balaban J connectivity index is 2.48. The van der Waals surface area contributed by atoms with E-state index in [9.17, 15) is 4.79 Å². The second kappa shape index (κ2) is 10.8. The first-order valence-corrected chi connectivity index (χ1v) is 8.85. The molecule has 0 atom stereocenters. The number of amides is 1. The number of benzene rings is 1. The van der Waals surface area contributed by atoms with Gasteiger partial charge in [-0.1, -0.05) is 18.2 Å². The predicted octanol–water partition coefficient (Wildman–Crippen LogP) is 3.34. The third-order valence-electron chi connectivity index (χ3n) is 3.92. The fourth-order valence-corrected chi connectivity index (χ4v) is 2.73. The third kappa shape index (κ3) is 7.18. The number of nitrogens with one attached hydrogen (secondary N) is 1. The van der Waals surface area contributed by atoms with Crippen molar-refractivity contribution in [3.63, 3.8) is 0 Å². The zero-order valence-corrected chi connectivity index (χ0v) is 16.3. The number of hydrogen-bond acceptors (Lipinski definition) is 4. The minimum absolute atomic E-state index is 0.0251. The smallest absolute Gasteiger partial charge is 0.257 e. The summed E-state index contributed by atoms with van der Waals surface area (Å²) in [5.74, 6) is 1.05. The molecule has 0 aliphatic carbocycles. The van der Waals surface area contributed by atoms with E-state index in [1.54, 1.807) is 7.11 Å². The molecule has 0 bridgehead atoms. The quantitative estimate of drug-likeness (QED) is 0.704. The zero-order valence-electron chi connectivity index (χ0n) is 16.3. The summed E-state index contributed by atoms with van der Waals surface area (Å²) >= 11 is 0. The molecule has 1 amide bonds. The zero-order chi connectivity index (χ0) is 18.8. The Kier molecular flexibility index (Phi) is 9.06. The summed E-state index contributed by atoms with van der Waals surface area (Å²) in [6.07, 6.45) is 3.94. The minimum Gasteiger partial charge on any atom is -0.493 e. The highest BCUT2D eigenvalue weighted by Crippen LogP contribution is 2.28. The Hall–Kier alpha value is -2.01. The monoisotopic (exact) mass is 348 g/mol. The van der Waals surface area contributed by atoms with E-state index in [2.05, 4.69) is 37.9 Å². The van der Waals surface area contributed by atoms with Crippen molar-refractivity contribution >= 4 is 12.0 Å². The fourth-order valence-electron chi connectivity index (χ4n) is 2.73. The van der Waals surface area contributed by atoms with E-state index in [0.717, 1.165) is 12.1 Å². The second-order valence-electron chi connectivity index (χ2n) is 6.47. The number of methoxy groups -OCH3 is 1. The Labute approximate surface area is 152 Å². The molecular weight excluding hydrogens is 316 g/mol. The minimum atomic E-state index is -0.132. The van der Waals surface area contributed by atoms with Crippen LogP contribution in [0.15, 0.2) is 24.3 Å². The summed E-state index contributed by atoms with van der Waals surface area (Å²) in [5, 5.41) is 2.90. The van der Waals surface area contributed by atoms with Gasteiger partial charge in [-0.25, -0.2) is 0 Å². The number of rotatable bonds is 10. The van der Waals surface area contributed by atoms with Crippen molar-refractivity contribution in [3.05, 3.63) is 29.8 Å². The molecule has 0 aromatic heterocycles. The van der Waals surface area contributed by atoms with Crippen molar-refractivity contribution in [2.24, 2.45) is 0 Å². The molecule has 0 aliphatic rings. The molecule has 0 spiro atoms. The van der Waals surface area contributed by atoms with Crippen LogP contribution in [-0.2, 0) is 4.79 Å². The Morgan fingerprint density at radius 3 is 2.44 bits per heavy atom. The molecule has 1 aromatic rings. The number of carbonyl (C=O) groups is 1. The van der Waals surface area contributed by atoms with Crippen molar-refractivity contribution in [2.45, 2.75) is 46.7 Å². The molecule has 5 heteroatoms. The molecule has 0 unspecified atom stereocenters. The highest BCUT2D eigenvalue weighted by molar-refractivity contribution is 5.77. The first kappa shape index (κ1) is 21.0. The Morgan fingerprint density at radius 1 is 1.20 bits per heavy atom. The van der Waals surface area contributed by atoms with Gasteiger partial charge in [0.1, 0.15) is 0 Å². The molecule has 0 saturated heterocycles. The van der Waals surface area contributed by atoms with Gasteiger partial charge in [0.25, 0.3) is 5.91 Å². The van der Waals surface area contributed by atoms with Gasteiger partial charge in [-0.3, -0.25) is 9.69 Å². The molecule has 1 aromatic carbocycles. The van der Waals surface area contributed by atoms with Crippen LogP contribution in [0.1, 0.15) is 40.2 Å². The van der Waals surface area contributed by atoms with E-state index < -0.39 is 0 Å². The van der Waals surface area contributed by atoms with Gasteiger partial charge in [0.2, 0.25) is 0 Å². The maximum Gasteiger partial charge on any atom is 0.257 e. The van der Waals surface area contributed by atoms with Gasteiger partial charge < -0.3 is 14.8 Å². The largest absolute Gasteiger partial charge is 0.493 e. The maximum atomic E-state index is 12.0. The topological polar surface area (TPSA) is 50.8 Å². The lowest BCUT2D eigenvalue weighted by atomic mass is 10.2. The van der Waals surface area contributed by atoms with Crippen molar-refractivity contribution in [2.75, 3.05) is 26.8 Å². The van der Waals surface area contributed by atoms with Crippen LogP contribution in [0.25, 0.3) is 6.08 Å². The van der Waals surface area contributed by atoms with Gasteiger partial charge >= 0.3 is 0 Å². The summed E-state index contributed by atoms with van der Waals surface area (Å²) < 4.78 is 10.9. The molecular formula is C20H32N2O3. The van der Waals surface area contributed by atoms with E-state index in [1.807, 2.05) is 37.3 Å². The summed E-state index contributed by atoms with van der Waals surface area (Å²) in [6.45, 7) is 12.0. The normalized spacial score (nSPS) is 11.6. The number of allylic oxidation sites excluding steroid dienone is 1. The van der Waals surface area contributed by atoms with Crippen LogP contribution in [0, 0.1) is 0 Å². The fraction of sp³-hybridized carbons (Fsp3) is 0.550. The van der Waals surface area contributed by atoms with Crippen LogP contribution >= 0.6 is 0 Å². The van der Waals surface area contributed by atoms with Crippen molar-refractivity contribution in [3.8, 4) is 11.5 Å². The van der Waals surface area contributed by atoms with Gasteiger partial charge in [-0.2, -0.15) is 0 Å². The van der Waals surface area contributed by atoms with Crippen LogP contribution in [0.2, 0.25) is 0 Å². The van der Waals surface area contributed by atoms with Crippen LogP contribution in [0.5, 0.6) is 11.5 Å². The number of ether oxygens (including phenoxy) is 2. The molecule has 25 heavy (non-hydrogen) atoms. The second-order valence-corrected chi connectivity index (χ2v) is 6.47.